The molecule has 0 heterocycles. The number of carbonyl (C=O) groups excluding carboxylic acids is 3. The summed E-state index contributed by atoms with van der Waals surface area (Å²) in [5, 5.41) is 0. The summed E-state index contributed by atoms with van der Waals surface area (Å²) in [7, 11) is 0. The van der Waals surface area contributed by atoms with Crippen LogP contribution < -0.4 is 0 Å². The second kappa shape index (κ2) is 62.4. The first-order valence-corrected chi connectivity index (χ1v) is 32.8. The second-order valence-electron chi connectivity index (χ2n) is 22.4. The molecule has 0 aromatic carbocycles. The molecule has 0 bridgehead atoms. The van der Waals surface area contributed by atoms with Gasteiger partial charge in [0.2, 0.25) is 0 Å². The summed E-state index contributed by atoms with van der Waals surface area (Å²) in [5.41, 5.74) is 0. The maximum absolute atomic E-state index is 12.9. The first-order valence-electron chi connectivity index (χ1n) is 32.8. The van der Waals surface area contributed by atoms with Crippen LogP contribution >= 0.6 is 0 Å². The van der Waals surface area contributed by atoms with Crippen LogP contribution in [-0.4, -0.2) is 37.2 Å². The molecule has 430 valence electrons. The van der Waals surface area contributed by atoms with Crippen molar-refractivity contribution in [1.29, 1.82) is 0 Å². The SMILES string of the molecule is CCCCC/C=C\C/C=C\CCCCCCCCCC(=O)OC[C@H](COC(=O)CCCCCCCCCCCCCCCCCCCCCCC)OC(=O)CCCCCCCCCCCCCCCCCCC. The summed E-state index contributed by atoms with van der Waals surface area (Å²) < 4.78 is 17.0. The summed E-state index contributed by atoms with van der Waals surface area (Å²) >= 11 is 0. The zero-order chi connectivity index (χ0) is 52.9. The van der Waals surface area contributed by atoms with Crippen molar-refractivity contribution >= 4 is 17.9 Å². The van der Waals surface area contributed by atoms with Crippen molar-refractivity contribution in [2.24, 2.45) is 0 Å². The van der Waals surface area contributed by atoms with Gasteiger partial charge >= 0.3 is 17.9 Å². The molecule has 0 amide bonds. The normalized spacial score (nSPS) is 12.1. The Balaban J connectivity index is 4.30. The van der Waals surface area contributed by atoms with Gasteiger partial charge in [-0.15, -0.1) is 0 Å². The van der Waals surface area contributed by atoms with Gasteiger partial charge in [-0.25, -0.2) is 0 Å². The fourth-order valence-corrected chi connectivity index (χ4v) is 10.0. The Morgan fingerprint density at radius 2 is 0.493 bits per heavy atom. The lowest BCUT2D eigenvalue weighted by Crippen LogP contribution is -2.30. The van der Waals surface area contributed by atoms with E-state index in [9.17, 15) is 14.4 Å². The van der Waals surface area contributed by atoms with Crippen LogP contribution in [0.15, 0.2) is 24.3 Å². The average Bonchev–Trinajstić information content (AvgIpc) is 3.39. The maximum Gasteiger partial charge on any atom is 0.306 e. The molecule has 1 atom stereocenters. The zero-order valence-corrected chi connectivity index (χ0v) is 49.4. The number of rotatable bonds is 61. The zero-order valence-electron chi connectivity index (χ0n) is 49.4. The molecule has 0 aliphatic carbocycles. The van der Waals surface area contributed by atoms with Crippen molar-refractivity contribution in [3.8, 4) is 0 Å². The van der Waals surface area contributed by atoms with Gasteiger partial charge in [0.05, 0.1) is 0 Å². The van der Waals surface area contributed by atoms with Gasteiger partial charge in [-0.2, -0.15) is 0 Å². The highest BCUT2D eigenvalue weighted by atomic mass is 16.6. The summed E-state index contributed by atoms with van der Waals surface area (Å²) in [5.74, 6) is -0.845. The molecule has 0 N–H and O–H groups in total. The number of esters is 3. The molecule has 0 saturated heterocycles. The fraction of sp³-hybridized carbons (Fsp3) is 0.896. The van der Waals surface area contributed by atoms with Crippen molar-refractivity contribution in [2.45, 2.75) is 374 Å². The molecule has 73 heavy (non-hydrogen) atoms. The minimum absolute atomic E-state index is 0.0673. The molecule has 0 saturated carbocycles. The quantitative estimate of drug-likeness (QED) is 0.0261. The van der Waals surface area contributed by atoms with E-state index in [1.807, 2.05) is 0 Å². The van der Waals surface area contributed by atoms with Gasteiger partial charge in [-0.1, -0.05) is 321 Å². The van der Waals surface area contributed by atoms with Gasteiger partial charge in [0.1, 0.15) is 13.2 Å². The van der Waals surface area contributed by atoms with Crippen LogP contribution in [0.1, 0.15) is 367 Å². The predicted molar refractivity (Wildman–Crippen MR) is 316 cm³/mol. The van der Waals surface area contributed by atoms with E-state index in [0.29, 0.717) is 19.3 Å². The van der Waals surface area contributed by atoms with Gasteiger partial charge in [0.15, 0.2) is 6.10 Å². The molecule has 0 spiro atoms. The van der Waals surface area contributed by atoms with Crippen LogP contribution in [-0.2, 0) is 28.6 Å². The smallest absolute Gasteiger partial charge is 0.306 e. The standard InChI is InChI=1S/C67H126O6/c1-4-7-10-13-16-19-22-25-28-31-32-33-34-37-39-42-45-48-51-54-57-60-66(69)72-63-64(73-67(70)61-58-55-52-49-46-43-40-36-30-27-24-21-18-15-12-9-6-3)62-71-65(68)59-56-53-50-47-44-41-38-35-29-26-23-20-17-14-11-8-5-2/h17,20,26,29,64H,4-16,18-19,21-25,27-28,30-63H2,1-3H3/b20-17-,29-26-/t64-/m1/s1. The van der Waals surface area contributed by atoms with Crippen molar-refractivity contribution in [1.82, 2.24) is 0 Å². The average molecular weight is 1030 g/mol. The molecule has 0 radical (unpaired) electrons. The summed E-state index contributed by atoms with van der Waals surface area (Å²) in [4.78, 5) is 38.3. The van der Waals surface area contributed by atoms with Crippen molar-refractivity contribution in [2.75, 3.05) is 13.2 Å². The molecule has 6 heteroatoms. The van der Waals surface area contributed by atoms with E-state index in [2.05, 4.69) is 45.1 Å². The van der Waals surface area contributed by atoms with Crippen molar-refractivity contribution in [3.05, 3.63) is 24.3 Å². The Morgan fingerprint density at radius 1 is 0.274 bits per heavy atom. The molecule has 0 aromatic rings. The fourth-order valence-electron chi connectivity index (χ4n) is 10.0. The summed E-state index contributed by atoms with van der Waals surface area (Å²) in [6.45, 7) is 6.69. The van der Waals surface area contributed by atoms with Crippen LogP contribution in [0.3, 0.4) is 0 Å². The third-order valence-corrected chi connectivity index (χ3v) is 15.0. The lowest BCUT2D eigenvalue weighted by Gasteiger charge is -2.18. The Kier molecular flexibility index (Phi) is 60.6. The Labute approximate surface area is 455 Å². The number of hydrogen-bond donors (Lipinski definition) is 0. The van der Waals surface area contributed by atoms with Crippen LogP contribution in [0.25, 0.3) is 0 Å². The highest BCUT2D eigenvalue weighted by Gasteiger charge is 2.19. The van der Waals surface area contributed by atoms with E-state index in [-0.39, 0.29) is 31.1 Å². The molecule has 0 aromatic heterocycles. The lowest BCUT2D eigenvalue weighted by molar-refractivity contribution is -0.167. The minimum Gasteiger partial charge on any atom is -0.462 e. The van der Waals surface area contributed by atoms with E-state index < -0.39 is 6.10 Å². The third kappa shape index (κ3) is 60.6. The number of hydrogen-bond acceptors (Lipinski definition) is 6. The lowest BCUT2D eigenvalue weighted by atomic mass is 10.0. The summed E-state index contributed by atoms with van der Waals surface area (Å²) in [6, 6.07) is 0. The maximum atomic E-state index is 12.9. The van der Waals surface area contributed by atoms with Gasteiger partial charge in [0, 0.05) is 19.3 Å². The van der Waals surface area contributed by atoms with Gasteiger partial charge in [0.25, 0.3) is 0 Å². The molecular formula is C67H126O6. The van der Waals surface area contributed by atoms with Crippen molar-refractivity contribution in [3.63, 3.8) is 0 Å². The Morgan fingerprint density at radius 3 is 0.781 bits per heavy atom. The third-order valence-electron chi connectivity index (χ3n) is 15.0. The van der Waals surface area contributed by atoms with E-state index in [0.717, 1.165) is 70.6 Å². The minimum atomic E-state index is -0.771. The predicted octanol–water partition coefficient (Wildman–Crippen LogP) is 22.2. The summed E-state index contributed by atoms with van der Waals surface area (Å²) in [6.07, 6.45) is 74.7. The topological polar surface area (TPSA) is 78.9 Å². The van der Waals surface area contributed by atoms with Gasteiger partial charge < -0.3 is 14.2 Å². The van der Waals surface area contributed by atoms with E-state index >= 15 is 0 Å². The van der Waals surface area contributed by atoms with Crippen LogP contribution in [0.4, 0.5) is 0 Å². The number of ether oxygens (including phenoxy) is 3. The van der Waals surface area contributed by atoms with Gasteiger partial charge in [-0.05, 0) is 51.4 Å². The highest BCUT2D eigenvalue weighted by molar-refractivity contribution is 5.71. The first kappa shape index (κ1) is 70.9. The van der Waals surface area contributed by atoms with E-state index in [1.54, 1.807) is 0 Å². The van der Waals surface area contributed by atoms with E-state index in [1.165, 1.54) is 257 Å². The highest BCUT2D eigenvalue weighted by Crippen LogP contribution is 2.18. The van der Waals surface area contributed by atoms with E-state index in [4.69, 9.17) is 14.2 Å². The molecular weight excluding hydrogens is 901 g/mol. The van der Waals surface area contributed by atoms with Gasteiger partial charge in [-0.3, -0.25) is 14.4 Å². The molecule has 0 aliphatic rings. The molecule has 0 unspecified atom stereocenters. The number of unbranched alkanes of at least 4 members (excludes halogenated alkanes) is 46. The monoisotopic (exact) mass is 1030 g/mol. The molecule has 0 aliphatic heterocycles. The Bertz CT molecular complexity index is 1180. The number of allylic oxidation sites excluding steroid dienone is 4. The van der Waals surface area contributed by atoms with Crippen LogP contribution in [0.2, 0.25) is 0 Å². The molecule has 0 fully saturated rings. The number of carbonyl (C=O) groups is 3. The first-order chi connectivity index (χ1) is 36.0. The second-order valence-corrected chi connectivity index (χ2v) is 22.4. The molecule has 0 rings (SSSR count). The largest absolute Gasteiger partial charge is 0.462 e. The molecule has 6 nitrogen and oxygen atoms in total. The van der Waals surface area contributed by atoms with Crippen LogP contribution in [0.5, 0.6) is 0 Å². The Hall–Kier alpha value is -2.11. The van der Waals surface area contributed by atoms with Crippen LogP contribution in [0, 0.1) is 0 Å². The van der Waals surface area contributed by atoms with Crippen molar-refractivity contribution < 1.29 is 28.6 Å².